The first-order valence-corrected chi connectivity index (χ1v) is 10.2. The number of carbonyl (C=O) groups excluding carboxylic acids is 3. The summed E-state index contributed by atoms with van der Waals surface area (Å²) in [6.45, 7) is 4.53. The van der Waals surface area contributed by atoms with Crippen LogP contribution in [0.25, 0.3) is 0 Å². The van der Waals surface area contributed by atoms with Gasteiger partial charge in [0, 0.05) is 12.0 Å². The number of fused-ring (bicyclic) bond motifs is 1. The fraction of sp³-hybridized carbons (Fsp3) is 0.375. The van der Waals surface area contributed by atoms with Crippen LogP contribution in [0.2, 0.25) is 0 Å². The SMILES string of the molecule is CC(=O)[C@@H](Cc1ccccc1)NC(=O)COC(=O)COc1cccc2c1OC(C)(C)C2. The van der Waals surface area contributed by atoms with E-state index in [4.69, 9.17) is 14.2 Å². The lowest BCUT2D eigenvalue weighted by Gasteiger charge is -2.18. The molecule has 1 aliphatic rings. The van der Waals surface area contributed by atoms with Crippen molar-refractivity contribution in [3.05, 3.63) is 59.7 Å². The molecule has 0 saturated carbocycles. The van der Waals surface area contributed by atoms with Crippen LogP contribution >= 0.6 is 0 Å². The Kier molecular flexibility index (Phi) is 6.95. The number of ether oxygens (including phenoxy) is 3. The van der Waals surface area contributed by atoms with Gasteiger partial charge in [0.15, 0.2) is 30.5 Å². The normalized spacial score (nSPS) is 14.7. The number of para-hydroxylation sites is 1. The van der Waals surface area contributed by atoms with Crippen LogP contribution in [-0.4, -0.2) is 42.5 Å². The van der Waals surface area contributed by atoms with Crippen molar-refractivity contribution in [3.8, 4) is 11.5 Å². The third-order valence-electron chi connectivity index (χ3n) is 4.87. The molecular weight excluding hydrogens is 398 g/mol. The zero-order valence-electron chi connectivity index (χ0n) is 18.0. The number of ketones is 1. The molecule has 1 aliphatic heterocycles. The number of amides is 1. The number of esters is 1. The van der Waals surface area contributed by atoms with E-state index < -0.39 is 24.5 Å². The minimum atomic E-state index is -0.688. The molecular formula is C24H27NO6. The maximum absolute atomic E-state index is 12.2. The van der Waals surface area contributed by atoms with Crippen molar-refractivity contribution in [2.45, 2.75) is 45.3 Å². The first-order valence-electron chi connectivity index (χ1n) is 10.2. The van der Waals surface area contributed by atoms with Crippen molar-refractivity contribution in [3.63, 3.8) is 0 Å². The number of carbonyl (C=O) groups is 3. The van der Waals surface area contributed by atoms with Crippen molar-refractivity contribution in [1.82, 2.24) is 5.32 Å². The Balaban J connectivity index is 1.46. The van der Waals surface area contributed by atoms with Crippen molar-refractivity contribution in [1.29, 1.82) is 0 Å². The predicted octanol–water partition coefficient (Wildman–Crippen LogP) is 2.64. The van der Waals surface area contributed by atoms with Gasteiger partial charge >= 0.3 is 5.97 Å². The summed E-state index contributed by atoms with van der Waals surface area (Å²) in [5.74, 6) is -0.317. The highest BCUT2D eigenvalue weighted by molar-refractivity contribution is 5.88. The Morgan fingerprint density at radius 1 is 1.06 bits per heavy atom. The summed E-state index contributed by atoms with van der Waals surface area (Å²) in [7, 11) is 0. The van der Waals surface area contributed by atoms with Gasteiger partial charge in [-0.15, -0.1) is 0 Å². The van der Waals surface area contributed by atoms with E-state index in [1.807, 2.05) is 56.3 Å². The van der Waals surface area contributed by atoms with Gasteiger partial charge in [-0.25, -0.2) is 4.79 Å². The Hall–Kier alpha value is -3.35. The topological polar surface area (TPSA) is 90.9 Å². The molecule has 3 rings (SSSR count). The zero-order valence-corrected chi connectivity index (χ0v) is 18.0. The largest absolute Gasteiger partial charge is 0.483 e. The molecule has 0 saturated heterocycles. The van der Waals surface area contributed by atoms with Gasteiger partial charge in [-0.05, 0) is 38.8 Å². The first-order chi connectivity index (χ1) is 14.7. The van der Waals surface area contributed by atoms with Crippen LogP contribution in [0, 0.1) is 0 Å². The molecule has 1 N–H and O–H groups in total. The van der Waals surface area contributed by atoms with Gasteiger partial charge in [0.05, 0.1) is 6.04 Å². The van der Waals surface area contributed by atoms with Gasteiger partial charge in [-0.1, -0.05) is 42.5 Å². The van der Waals surface area contributed by atoms with Crippen LogP contribution in [0.5, 0.6) is 11.5 Å². The van der Waals surface area contributed by atoms with Crippen molar-refractivity contribution in [2.75, 3.05) is 13.2 Å². The molecule has 0 bridgehead atoms. The van der Waals surface area contributed by atoms with Gasteiger partial charge in [0.25, 0.3) is 5.91 Å². The standard InChI is InChI=1S/C24H27NO6/c1-16(26)19(12-17-8-5-4-6-9-17)25-21(27)14-30-22(28)15-29-20-11-7-10-18-13-24(2,3)31-23(18)20/h4-11,19H,12-15H2,1-3H3,(H,25,27)/t19-/m1/s1. The van der Waals surface area contributed by atoms with Crippen LogP contribution in [0.4, 0.5) is 0 Å². The summed E-state index contributed by atoms with van der Waals surface area (Å²) in [6.07, 6.45) is 1.12. The van der Waals surface area contributed by atoms with Crippen LogP contribution < -0.4 is 14.8 Å². The maximum Gasteiger partial charge on any atom is 0.344 e. The molecule has 0 unspecified atom stereocenters. The summed E-state index contributed by atoms with van der Waals surface area (Å²) in [5.41, 5.74) is 1.62. The smallest absolute Gasteiger partial charge is 0.344 e. The molecule has 0 aliphatic carbocycles. The molecule has 1 amide bonds. The van der Waals surface area contributed by atoms with Gasteiger partial charge in [-0.2, -0.15) is 0 Å². The molecule has 0 spiro atoms. The van der Waals surface area contributed by atoms with Gasteiger partial charge < -0.3 is 19.5 Å². The molecule has 2 aromatic carbocycles. The second-order valence-corrected chi connectivity index (χ2v) is 8.15. The number of benzene rings is 2. The number of nitrogens with one attached hydrogen (secondary N) is 1. The molecule has 31 heavy (non-hydrogen) atoms. The fourth-order valence-corrected chi connectivity index (χ4v) is 3.41. The van der Waals surface area contributed by atoms with Gasteiger partial charge in [0.1, 0.15) is 5.60 Å². The van der Waals surface area contributed by atoms with E-state index in [0.717, 1.165) is 17.5 Å². The van der Waals surface area contributed by atoms with Gasteiger partial charge in [0.2, 0.25) is 0 Å². The molecule has 0 fully saturated rings. The highest BCUT2D eigenvalue weighted by Gasteiger charge is 2.32. The second-order valence-electron chi connectivity index (χ2n) is 8.15. The molecule has 1 heterocycles. The average molecular weight is 425 g/mol. The molecule has 0 aromatic heterocycles. The number of rotatable bonds is 9. The van der Waals surface area contributed by atoms with E-state index >= 15 is 0 Å². The van der Waals surface area contributed by atoms with Crippen molar-refractivity contribution >= 4 is 17.7 Å². The number of hydrogen-bond acceptors (Lipinski definition) is 6. The summed E-state index contributed by atoms with van der Waals surface area (Å²) < 4.78 is 16.4. The highest BCUT2D eigenvalue weighted by atomic mass is 16.6. The minimum absolute atomic E-state index is 0.173. The molecule has 2 aromatic rings. The molecule has 7 heteroatoms. The summed E-state index contributed by atoms with van der Waals surface area (Å²) in [5, 5.41) is 2.61. The van der Waals surface area contributed by atoms with Crippen LogP contribution in [-0.2, 0) is 32.0 Å². The lowest BCUT2D eigenvalue weighted by Crippen LogP contribution is -2.43. The quantitative estimate of drug-likeness (QED) is 0.621. The Labute approximate surface area is 181 Å². The fourth-order valence-electron chi connectivity index (χ4n) is 3.41. The van der Waals surface area contributed by atoms with Crippen molar-refractivity contribution < 1.29 is 28.6 Å². The third kappa shape index (κ3) is 6.31. The average Bonchev–Trinajstić information content (AvgIpc) is 3.05. The number of hydrogen-bond donors (Lipinski definition) is 1. The van der Waals surface area contributed by atoms with E-state index in [1.165, 1.54) is 6.92 Å². The summed E-state index contributed by atoms with van der Waals surface area (Å²) >= 11 is 0. The van der Waals surface area contributed by atoms with E-state index in [2.05, 4.69) is 5.32 Å². The first kappa shape index (κ1) is 22.3. The van der Waals surface area contributed by atoms with Gasteiger partial charge in [-0.3, -0.25) is 9.59 Å². The second kappa shape index (κ2) is 9.64. The van der Waals surface area contributed by atoms with E-state index in [-0.39, 0.29) is 18.0 Å². The predicted molar refractivity (Wildman–Crippen MR) is 114 cm³/mol. The number of Topliss-reactive ketones (excluding diaryl/α,β-unsaturated/α-hetero) is 1. The Bertz CT molecular complexity index is 954. The molecule has 7 nitrogen and oxygen atoms in total. The monoisotopic (exact) mass is 425 g/mol. The summed E-state index contributed by atoms with van der Waals surface area (Å²) in [6, 6.07) is 14.2. The van der Waals surface area contributed by atoms with Crippen LogP contribution in [0.3, 0.4) is 0 Å². The molecule has 164 valence electrons. The van der Waals surface area contributed by atoms with Crippen molar-refractivity contribution in [2.24, 2.45) is 0 Å². The van der Waals surface area contributed by atoms with E-state index in [0.29, 0.717) is 17.9 Å². The zero-order chi connectivity index (χ0) is 22.4. The maximum atomic E-state index is 12.2. The Morgan fingerprint density at radius 2 is 1.81 bits per heavy atom. The Morgan fingerprint density at radius 3 is 2.52 bits per heavy atom. The van der Waals surface area contributed by atoms with E-state index in [1.54, 1.807) is 6.07 Å². The lowest BCUT2D eigenvalue weighted by atomic mass is 10.0. The van der Waals surface area contributed by atoms with Crippen LogP contribution in [0.15, 0.2) is 48.5 Å². The summed E-state index contributed by atoms with van der Waals surface area (Å²) in [4.78, 5) is 36.0. The minimum Gasteiger partial charge on any atom is -0.483 e. The third-order valence-corrected chi connectivity index (χ3v) is 4.87. The van der Waals surface area contributed by atoms with E-state index in [9.17, 15) is 14.4 Å². The highest BCUT2D eigenvalue weighted by Crippen LogP contribution is 2.41. The molecule has 1 atom stereocenters. The van der Waals surface area contributed by atoms with Crippen LogP contribution in [0.1, 0.15) is 31.9 Å². The molecule has 0 radical (unpaired) electrons. The lowest BCUT2D eigenvalue weighted by molar-refractivity contribution is -0.150.